The van der Waals surface area contributed by atoms with Crippen LogP contribution in [0.3, 0.4) is 0 Å². The lowest BCUT2D eigenvalue weighted by Gasteiger charge is -2.09. The predicted octanol–water partition coefficient (Wildman–Crippen LogP) is 5.86. The van der Waals surface area contributed by atoms with E-state index in [2.05, 4.69) is 17.6 Å². The van der Waals surface area contributed by atoms with Crippen LogP contribution in [0.4, 0.5) is 11.4 Å². The first-order chi connectivity index (χ1) is 16.1. The van der Waals surface area contributed by atoms with Gasteiger partial charge < -0.3 is 20.1 Å². The molecular formula is C26H28N2O4S. The van der Waals surface area contributed by atoms with E-state index < -0.39 is 0 Å². The first kappa shape index (κ1) is 24.2. The molecule has 0 saturated carbocycles. The molecule has 3 rings (SSSR count). The fraction of sp³-hybridized carbons (Fsp3) is 0.231. The van der Waals surface area contributed by atoms with E-state index in [0.717, 1.165) is 29.2 Å². The Labute approximate surface area is 198 Å². The average molecular weight is 465 g/mol. The number of nitrogens with one attached hydrogen (secondary N) is 2. The molecular weight excluding hydrogens is 436 g/mol. The molecule has 3 aromatic carbocycles. The smallest absolute Gasteiger partial charge is 0.255 e. The molecule has 0 aromatic heterocycles. The molecule has 0 aliphatic carbocycles. The molecule has 7 heteroatoms. The summed E-state index contributed by atoms with van der Waals surface area (Å²) in [7, 11) is 1.58. The van der Waals surface area contributed by atoms with Crippen LogP contribution in [0.5, 0.6) is 11.5 Å². The number of unbranched alkanes of at least 4 members (excludes halogenated alkanes) is 1. The van der Waals surface area contributed by atoms with Crippen LogP contribution in [0.15, 0.2) is 77.7 Å². The van der Waals surface area contributed by atoms with Gasteiger partial charge in [0.2, 0.25) is 5.91 Å². The fourth-order valence-corrected chi connectivity index (χ4v) is 3.68. The molecule has 0 atom stereocenters. The standard InChI is InChI=1S/C26H28N2O4S/c1-3-4-16-32-23-14-10-20(11-15-23)27-25(29)18-33-24-7-5-6-21(17-24)28-26(30)19-8-12-22(31-2)13-9-19/h5-15,17H,3-4,16,18H2,1-2H3,(H,27,29)(H,28,30). The molecule has 0 spiro atoms. The van der Waals surface area contributed by atoms with E-state index in [9.17, 15) is 9.59 Å². The highest BCUT2D eigenvalue weighted by Crippen LogP contribution is 2.23. The third-order valence-corrected chi connectivity index (χ3v) is 5.71. The van der Waals surface area contributed by atoms with Crippen LogP contribution < -0.4 is 20.1 Å². The van der Waals surface area contributed by atoms with Crippen molar-refractivity contribution in [3.05, 3.63) is 78.4 Å². The lowest BCUT2D eigenvalue weighted by molar-refractivity contribution is -0.113. The SMILES string of the molecule is CCCCOc1ccc(NC(=O)CSc2cccc(NC(=O)c3ccc(OC)cc3)c2)cc1. The summed E-state index contributed by atoms with van der Waals surface area (Å²) < 4.78 is 10.8. The summed E-state index contributed by atoms with van der Waals surface area (Å²) in [5.74, 6) is 1.43. The third-order valence-electron chi connectivity index (χ3n) is 4.72. The van der Waals surface area contributed by atoms with Crippen molar-refractivity contribution in [3.8, 4) is 11.5 Å². The van der Waals surface area contributed by atoms with Crippen molar-refractivity contribution < 1.29 is 19.1 Å². The van der Waals surface area contributed by atoms with Gasteiger partial charge in [0.1, 0.15) is 11.5 Å². The number of carbonyl (C=O) groups is 2. The van der Waals surface area contributed by atoms with Crippen LogP contribution in [-0.2, 0) is 4.79 Å². The molecule has 0 fully saturated rings. The van der Waals surface area contributed by atoms with Crippen molar-refractivity contribution in [3.63, 3.8) is 0 Å². The van der Waals surface area contributed by atoms with Gasteiger partial charge in [0.25, 0.3) is 5.91 Å². The van der Waals surface area contributed by atoms with Crippen molar-refractivity contribution >= 4 is 35.0 Å². The van der Waals surface area contributed by atoms with Gasteiger partial charge in [-0.25, -0.2) is 0 Å². The Balaban J connectivity index is 1.48. The Bertz CT molecular complexity index is 1050. The molecule has 2 amide bonds. The van der Waals surface area contributed by atoms with Crippen LogP contribution in [-0.4, -0.2) is 31.3 Å². The first-order valence-corrected chi connectivity index (χ1v) is 11.8. The van der Waals surface area contributed by atoms with Crippen molar-refractivity contribution in [2.24, 2.45) is 0 Å². The third kappa shape index (κ3) is 7.88. The summed E-state index contributed by atoms with van der Waals surface area (Å²) in [5.41, 5.74) is 1.93. The normalized spacial score (nSPS) is 10.4. The number of hydrogen-bond donors (Lipinski definition) is 2. The van der Waals surface area contributed by atoms with Crippen molar-refractivity contribution in [1.82, 2.24) is 0 Å². The lowest BCUT2D eigenvalue weighted by atomic mass is 10.2. The Hall–Kier alpha value is -3.45. The zero-order valence-corrected chi connectivity index (χ0v) is 19.6. The molecule has 3 aromatic rings. The first-order valence-electron chi connectivity index (χ1n) is 10.8. The van der Waals surface area contributed by atoms with Gasteiger partial charge in [-0.15, -0.1) is 11.8 Å². The number of carbonyl (C=O) groups excluding carboxylic acids is 2. The maximum atomic E-state index is 12.5. The van der Waals surface area contributed by atoms with Gasteiger partial charge in [0.05, 0.1) is 19.5 Å². The van der Waals surface area contributed by atoms with Crippen LogP contribution >= 0.6 is 11.8 Å². The summed E-state index contributed by atoms with van der Waals surface area (Å²) in [5, 5.41) is 5.77. The minimum absolute atomic E-state index is 0.104. The monoisotopic (exact) mass is 464 g/mol. The minimum atomic E-state index is -0.209. The fourth-order valence-electron chi connectivity index (χ4n) is 2.92. The molecule has 33 heavy (non-hydrogen) atoms. The summed E-state index contributed by atoms with van der Waals surface area (Å²) in [4.78, 5) is 25.7. The number of thioether (sulfide) groups is 1. The van der Waals surface area contributed by atoms with E-state index in [-0.39, 0.29) is 17.6 Å². The summed E-state index contributed by atoms with van der Waals surface area (Å²) in [6.07, 6.45) is 2.10. The van der Waals surface area contributed by atoms with Gasteiger partial charge in [0, 0.05) is 21.8 Å². The number of rotatable bonds is 11. The number of anilines is 2. The van der Waals surface area contributed by atoms with Gasteiger partial charge in [-0.1, -0.05) is 19.4 Å². The van der Waals surface area contributed by atoms with Crippen LogP contribution in [0.1, 0.15) is 30.1 Å². The number of methoxy groups -OCH3 is 1. The molecule has 172 valence electrons. The van der Waals surface area contributed by atoms with Gasteiger partial charge >= 0.3 is 0 Å². The highest BCUT2D eigenvalue weighted by atomic mass is 32.2. The average Bonchev–Trinajstić information content (AvgIpc) is 2.84. The summed E-state index contributed by atoms with van der Waals surface area (Å²) >= 11 is 1.40. The largest absolute Gasteiger partial charge is 0.497 e. The van der Waals surface area contributed by atoms with Crippen molar-refractivity contribution in [2.75, 3.05) is 30.1 Å². The Morgan fingerprint density at radius 2 is 1.61 bits per heavy atom. The molecule has 6 nitrogen and oxygen atoms in total. The summed E-state index contributed by atoms with van der Waals surface area (Å²) in [6, 6.07) is 21.7. The number of hydrogen-bond acceptors (Lipinski definition) is 5. The quantitative estimate of drug-likeness (QED) is 0.275. The molecule has 0 saturated heterocycles. The highest BCUT2D eigenvalue weighted by Gasteiger charge is 2.08. The molecule has 0 unspecified atom stereocenters. The molecule has 0 radical (unpaired) electrons. The van der Waals surface area contributed by atoms with Crippen LogP contribution in [0.25, 0.3) is 0 Å². The number of ether oxygens (including phenoxy) is 2. The number of amides is 2. The topological polar surface area (TPSA) is 76.7 Å². The van der Waals surface area contributed by atoms with Gasteiger partial charge in [-0.3, -0.25) is 9.59 Å². The molecule has 0 aliphatic heterocycles. The van der Waals surface area contributed by atoms with E-state index >= 15 is 0 Å². The molecule has 2 N–H and O–H groups in total. The summed E-state index contributed by atoms with van der Waals surface area (Å²) in [6.45, 7) is 2.81. The molecule has 0 bridgehead atoms. The highest BCUT2D eigenvalue weighted by molar-refractivity contribution is 8.00. The zero-order chi connectivity index (χ0) is 23.5. The van der Waals surface area contributed by atoms with Gasteiger partial charge in [0.15, 0.2) is 0 Å². The van der Waals surface area contributed by atoms with Crippen molar-refractivity contribution in [2.45, 2.75) is 24.7 Å². The second kappa shape index (κ2) is 12.6. The minimum Gasteiger partial charge on any atom is -0.497 e. The van der Waals surface area contributed by atoms with Crippen LogP contribution in [0, 0.1) is 0 Å². The van der Waals surface area contributed by atoms with E-state index in [1.807, 2.05) is 48.5 Å². The van der Waals surface area contributed by atoms with E-state index in [4.69, 9.17) is 9.47 Å². The maximum absolute atomic E-state index is 12.5. The maximum Gasteiger partial charge on any atom is 0.255 e. The molecule has 0 aliphatic rings. The molecule has 0 heterocycles. The second-order valence-corrected chi connectivity index (χ2v) is 8.32. The van der Waals surface area contributed by atoms with Gasteiger partial charge in [-0.05, 0) is 73.2 Å². The van der Waals surface area contributed by atoms with Crippen LogP contribution in [0.2, 0.25) is 0 Å². The Morgan fingerprint density at radius 3 is 2.30 bits per heavy atom. The number of benzene rings is 3. The van der Waals surface area contributed by atoms with E-state index in [1.54, 1.807) is 31.4 Å². The Morgan fingerprint density at radius 1 is 0.879 bits per heavy atom. The van der Waals surface area contributed by atoms with Crippen molar-refractivity contribution in [1.29, 1.82) is 0 Å². The van der Waals surface area contributed by atoms with Gasteiger partial charge in [-0.2, -0.15) is 0 Å². The zero-order valence-electron chi connectivity index (χ0n) is 18.8. The second-order valence-electron chi connectivity index (χ2n) is 7.27. The van der Waals surface area contributed by atoms with E-state index in [1.165, 1.54) is 11.8 Å². The Kier molecular flexibility index (Phi) is 9.20. The lowest BCUT2D eigenvalue weighted by Crippen LogP contribution is -2.14. The van der Waals surface area contributed by atoms with E-state index in [0.29, 0.717) is 23.6 Å². The predicted molar refractivity (Wildman–Crippen MR) is 134 cm³/mol.